The minimum absolute atomic E-state index is 0.0285. The molecule has 17 heavy (non-hydrogen) atoms. The molecular weight excluding hydrogens is 210 g/mol. The predicted octanol–water partition coefficient (Wildman–Crippen LogP) is 3.36. The Morgan fingerprint density at radius 2 is 2.24 bits per heavy atom. The van der Waals surface area contributed by atoms with Gasteiger partial charge in [-0.3, -0.25) is 10.1 Å². The van der Waals surface area contributed by atoms with Crippen molar-refractivity contribution < 1.29 is 0 Å². The molecule has 1 aromatic heterocycles. The van der Waals surface area contributed by atoms with Crippen molar-refractivity contribution in [2.75, 3.05) is 0 Å². The summed E-state index contributed by atoms with van der Waals surface area (Å²) in [6.45, 7) is 6.28. The second kappa shape index (κ2) is 4.53. The van der Waals surface area contributed by atoms with Crippen LogP contribution in [0.1, 0.15) is 26.5 Å². The van der Waals surface area contributed by atoms with Crippen molar-refractivity contribution >= 4 is 11.3 Å². The third-order valence-corrected chi connectivity index (χ3v) is 2.79. The van der Waals surface area contributed by atoms with E-state index >= 15 is 0 Å². The smallest absolute Gasteiger partial charge is 0.0921 e. The molecule has 0 radical (unpaired) electrons. The normalized spacial score (nSPS) is 21.1. The highest BCUT2D eigenvalue weighted by Crippen LogP contribution is 2.29. The molecular formula is C14H17N3. The summed E-state index contributed by atoms with van der Waals surface area (Å²) in [5, 5.41) is 7.01. The number of aliphatic imine (C=N–C) groups is 1. The summed E-state index contributed by atoms with van der Waals surface area (Å²) < 4.78 is 0. The van der Waals surface area contributed by atoms with Crippen molar-refractivity contribution in [1.29, 1.82) is 0 Å². The van der Waals surface area contributed by atoms with Crippen LogP contribution in [0.2, 0.25) is 0 Å². The Morgan fingerprint density at radius 3 is 2.88 bits per heavy atom. The molecule has 0 amide bonds. The minimum Gasteiger partial charge on any atom is -0.285 e. The van der Waals surface area contributed by atoms with Crippen LogP contribution in [0.3, 0.4) is 0 Å². The number of hydrogen-bond donors (Lipinski definition) is 1. The third kappa shape index (κ3) is 2.44. The van der Waals surface area contributed by atoms with E-state index < -0.39 is 0 Å². The molecule has 0 fully saturated rings. The van der Waals surface area contributed by atoms with Gasteiger partial charge in [-0.15, -0.1) is 0 Å². The zero-order valence-electron chi connectivity index (χ0n) is 10.4. The average molecular weight is 227 g/mol. The fourth-order valence-corrected chi connectivity index (χ4v) is 1.70. The first-order valence-corrected chi connectivity index (χ1v) is 5.74. The second-order valence-electron chi connectivity index (χ2n) is 4.61. The van der Waals surface area contributed by atoms with E-state index in [1.54, 1.807) is 0 Å². The topological polar surface area (TPSA) is 41.0 Å². The molecule has 1 N–H and O–H groups in total. The highest BCUT2D eigenvalue weighted by Gasteiger charge is 2.24. The van der Waals surface area contributed by atoms with Crippen molar-refractivity contribution in [1.82, 2.24) is 10.2 Å². The van der Waals surface area contributed by atoms with Crippen molar-refractivity contribution in [2.45, 2.75) is 20.8 Å². The monoisotopic (exact) mass is 227 g/mol. The molecule has 0 saturated heterocycles. The first-order valence-electron chi connectivity index (χ1n) is 5.74. The highest BCUT2D eigenvalue weighted by atomic mass is 15.1. The van der Waals surface area contributed by atoms with Gasteiger partial charge in [0.15, 0.2) is 0 Å². The molecule has 1 aromatic rings. The number of aromatic nitrogens is 2. The van der Waals surface area contributed by atoms with Gasteiger partial charge < -0.3 is 0 Å². The maximum atomic E-state index is 4.49. The molecule has 2 rings (SSSR count). The summed E-state index contributed by atoms with van der Waals surface area (Å²) in [6, 6.07) is 1.96. The summed E-state index contributed by atoms with van der Waals surface area (Å²) in [4.78, 5) is 4.49. The lowest BCUT2D eigenvalue weighted by molar-refractivity contribution is 0.677. The van der Waals surface area contributed by atoms with Crippen LogP contribution in [0.4, 0.5) is 0 Å². The maximum absolute atomic E-state index is 4.49. The number of nitrogens with zero attached hydrogens (tertiary/aromatic N) is 2. The Hall–Kier alpha value is -1.90. The van der Waals surface area contributed by atoms with Gasteiger partial charge in [-0.25, -0.2) is 0 Å². The quantitative estimate of drug-likeness (QED) is 0.826. The molecule has 0 saturated carbocycles. The Labute approximate surface area is 102 Å². The number of H-pyrrole nitrogens is 1. The molecule has 3 nitrogen and oxygen atoms in total. The van der Waals surface area contributed by atoms with Gasteiger partial charge in [0, 0.05) is 23.4 Å². The van der Waals surface area contributed by atoms with E-state index in [0.29, 0.717) is 0 Å². The van der Waals surface area contributed by atoms with Crippen LogP contribution in [0.5, 0.6) is 0 Å². The van der Waals surface area contributed by atoms with E-state index in [9.17, 15) is 0 Å². The fraction of sp³-hybridized carbons (Fsp3) is 0.286. The van der Waals surface area contributed by atoms with Crippen LogP contribution < -0.4 is 0 Å². The van der Waals surface area contributed by atoms with Gasteiger partial charge in [-0.2, -0.15) is 5.10 Å². The van der Waals surface area contributed by atoms with Crippen LogP contribution in [0.15, 0.2) is 47.8 Å². The lowest BCUT2D eigenvalue weighted by atomic mass is 9.81. The van der Waals surface area contributed by atoms with E-state index in [0.717, 1.165) is 17.0 Å². The summed E-state index contributed by atoms with van der Waals surface area (Å²) in [6.07, 6.45) is 11.9. The standard InChI is InChI=1S/C14H17N3/c1-4-8-15-13-10-11(5-7-14(13,2)3)12-6-9-16-17-12/h4-10H,1-3H3,(H,16,17)/b8-4-,15-13-. The molecule has 1 heterocycles. The minimum atomic E-state index is -0.0285. The lowest BCUT2D eigenvalue weighted by Crippen LogP contribution is -2.22. The lowest BCUT2D eigenvalue weighted by Gasteiger charge is -2.24. The number of hydrogen-bond acceptors (Lipinski definition) is 2. The van der Waals surface area contributed by atoms with E-state index in [-0.39, 0.29) is 5.41 Å². The van der Waals surface area contributed by atoms with E-state index in [1.165, 1.54) is 0 Å². The first kappa shape index (κ1) is 11.6. The Morgan fingerprint density at radius 1 is 1.41 bits per heavy atom. The zero-order valence-corrected chi connectivity index (χ0v) is 10.4. The van der Waals surface area contributed by atoms with Crippen LogP contribution in [-0.4, -0.2) is 15.9 Å². The molecule has 1 aliphatic rings. The van der Waals surface area contributed by atoms with Crippen LogP contribution in [-0.2, 0) is 0 Å². The van der Waals surface area contributed by atoms with Crippen molar-refractivity contribution in [3.8, 4) is 0 Å². The molecule has 0 spiro atoms. The van der Waals surface area contributed by atoms with E-state index in [4.69, 9.17) is 0 Å². The summed E-state index contributed by atoms with van der Waals surface area (Å²) in [5.41, 5.74) is 3.06. The van der Waals surface area contributed by atoms with Crippen molar-refractivity contribution in [3.05, 3.63) is 48.5 Å². The summed E-state index contributed by atoms with van der Waals surface area (Å²) in [5.74, 6) is 0. The number of allylic oxidation sites excluding steroid dienone is 5. The third-order valence-electron chi connectivity index (χ3n) is 2.79. The van der Waals surface area contributed by atoms with Gasteiger partial charge in [0.1, 0.15) is 0 Å². The predicted molar refractivity (Wildman–Crippen MR) is 71.7 cm³/mol. The molecule has 0 atom stereocenters. The molecule has 88 valence electrons. The fourth-order valence-electron chi connectivity index (χ4n) is 1.70. The number of rotatable bonds is 2. The molecule has 3 heteroatoms. The van der Waals surface area contributed by atoms with Crippen molar-refractivity contribution in [2.24, 2.45) is 10.4 Å². The van der Waals surface area contributed by atoms with Gasteiger partial charge in [0.2, 0.25) is 0 Å². The average Bonchev–Trinajstić information content (AvgIpc) is 2.81. The maximum Gasteiger partial charge on any atom is 0.0921 e. The van der Waals surface area contributed by atoms with Gasteiger partial charge in [0.25, 0.3) is 0 Å². The first-order chi connectivity index (χ1) is 8.13. The van der Waals surface area contributed by atoms with Gasteiger partial charge >= 0.3 is 0 Å². The summed E-state index contributed by atoms with van der Waals surface area (Å²) in [7, 11) is 0. The van der Waals surface area contributed by atoms with Crippen LogP contribution in [0, 0.1) is 5.41 Å². The van der Waals surface area contributed by atoms with E-state index in [1.807, 2.05) is 31.5 Å². The molecule has 0 unspecified atom stereocenters. The largest absolute Gasteiger partial charge is 0.285 e. The Bertz CT molecular complexity index is 500. The summed E-state index contributed by atoms with van der Waals surface area (Å²) >= 11 is 0. The molecule has 0 aromatic carbocycles. The van der Waals surface area contributed by atoms with Gasteiger partial charge in [-0.05, 0) is 19.1 Å². The van der Waals surface area contributed by atoms with Gasteiger partial charge in [0.05, 0.1) is 11.4 Å². The van der Waals surface area contributed by atoms with Crippen LogP contribution >= 0.6 is 0 Å². The molecule has 0 aliphatic heterocycles. The molecule has 0 bridgehead atoms. The van der Waals surface area contributed by atoms with Gasteiger partial charge in [-0.1, -0.05) is 32.1 Å². The Balaban J connectivity index is 2.39. The van der Waals surface area contributed by atoms with Crippen LogP contribution in [0.25, 0.3) is 5.57 Å². The molecule has 1 aliphatic carbocycles. The number of nitrogens with one attached hydrogen (secondary N) is 1. The number of aromatic amines is 1. The Kier molecular flexibility index (Phi) is 3.09. The van der Waals surface area contributed by atoms with E-state index in [2.05, 4.69) is 47.3 Å². The highest BCUT2D eigenvalue weighted by molar-refractivity contribution is 6.08. The zero-order chi connectivity index (χ0) is 12.3. The van der Waals surface area contributed by atoms with Crippen molar-refractivity contribution in [3.63, 3.8) is 0 Å². The second-order valence-corrected chi connectivity index (χ2v) is 4.61. The SMILES string of the molecule is C/C=C\N=C1\C=C(c2cc[nH]n2)C=CC1(C)C.